The highest BCUT2D eigenvalue weighted by molar-refractivity contribution is 7.88. The molecule has 2 aromatic carbocycles. The molecule has 0 aliphatic carbocycles. The van der Waals surface area contributed by atoms with Gasteiger partial charge in [-0.15, -0.1) is 0 Å². The standard InChI is InChI=1S/C19H20N4O2S/c1-26(24,25)23-19(9-11-20-13-19)18-21-10-8-17(22-18)16-7-6-14-4-2-3-5-15(14)12-16/h2-8,10,12,20,23H,9,11,13H2,1H3/t19-/m1/s1. The fourth-order valence-electron chi connectivity index (χ4n) is 3.47. The molecule has 26 heavy (non-hydrogen) atoms. The van der Waals surface area contributed by atoms with Gasteiger partial charge < -0.3 is 5.32 Å². The molecule has 2 N–H and O–H groups in total. The quantitative estimate of drug-likeness (QED) is 0.736. The Bertz CT molecular complexity index is 1060. The maximum atomic E-state index is 11.9. The summed E-state index contributed by atoms with van der Waals surface area (Å²) in [6, 6.07) is 16.2. The number of sulfonamides is 1. The zero-order valence-corrected chi connectivity index (χ0v) is 15.3. The maximum absolute atomic E-state index is 11.9. The number of hydrogen-bond donors (Lipinski definition) is 2. The average Bonchev–Trinajstić information content (AvgIpc) is 3.09. The molecule has 1 aliphatic rings. The first-order chi connectivity index (χ1) is 12.5. The molecule has 4 rings (SSSR count). The largest absolute Gasteiger partial charge is 0.314 e. The molecule has 0 unspecified atom stereocenters. The van der Waals surface area contributed by atoms with Gasteiger partial charge in [-0.3, -0.25) is 0 Å². The molecule has 7 heteroatoms. The third kappa shape index (κ3) is 3.33. The van der Waals surface area contributed by atoms with Crippen molar-refractivity contribution in [3.63, 3.8) is 0 Å². The summed E-state index contributed by atoms with van der Waals surface area (Å²) in [5.41, 5.74) is 0.954. The second-order valence-electron chi connectivity index (χ2n) is 6.71. The van der Waals surface area contributed by atoms with Crippen molar-refractivity contribution >= 4 is 20.8 Å². The van der Waals surface area contributed by atoms with E-state index >= 15 is 0 Å². The Labute approximate surface area is 152 Å². The van der Waals surface area contributed by atoms with E-state index < -0.39 is 15.6 Å². The van der Waals surface area contributed by atoms with Crippen LogP contribution in [0.4, 0.5) is 0 Å². The summed E-state index contributed by atoms with van der Waals surface area (Å²) in [7, 11) is -3.39. The van der Waals surface area contributed by atoms with Crippen molar-refractivity contribution in [3.05, 3.63) is 60.6 Å². The minimum Gasteiger partial charge on any atom is -0.314 e. The molecule has 6 nitrogen and oxygen atoms in total. The van der Waals surface area contributed by atoms with E-state index in [4.69, 9.17) is 4.98 Å². The molecule has 1 aromatic heterocycles. The van der Waals surface area contributed by atoms with Crippen molar-refractivity contribution in [3.8, 4) is 11.3 Å². The molecule has 0 spiro atoms. The van der Waals surface area contributed by atoms with Crippen LogP contribution < -0.4 is 10.0 Å². The highest BCUT2D eigenvalue weighted by atomic mass is 32.2. The van der Waals surface area contributed by atoms with Gasteiger partial charge in [0, 0.05) is 18.3 Å². The molecule has 0 saturated carbocycles. The summed E-state index contributed by atoms with van der Waals surface area (Å²) in [6.45, 7) is 1.19. The minimum absolute atomic E-state index is 0.473. The van der Waals surface area contributed by atoms with Gasteiger partial charge in [-0.25, -0.2) is 23.1 Å². The third-order valence-electron chi connectivity index (χ3n) is 4.66. The van der Waals surface area contributed by atoms with Crippen LogP contribution in [0.15, 0.2) is 54.7 Å². The lowest BCUT2D eigenvalue weighted by atomic mass is 9.98. The summed E-state index contributed by atoms with van der Waals surface area (Å²) in [5.74, 6) is 0.499. The van der Waals surface area contributed by atoms with Gasteiger partial charge >= 0.3 is 0 Å². The van der Waals surface area contributed by atoms with E-state index in [2.05, 4.69) is 39.3 Å². The molecule has 134 valence electrons. The van der Waals surface area contributed by atoms with E-state index in [1.165, 1.54) is 11.6 Å². The first kappa shape index (κ1) is 17.1. The van der Waals surface area contributed by atoms with Crippen LogP contribution in [0.3, 0.4) is 0 Å². The predicted octanol–water partition coefficient (Wildman–Crippen LogP) is 2.03. The topological polar surface area (TPSA) is 84.0 Å². The van der Waals surface area contributed by atoms with Crippen molar-refractivity contribution in [2.24, 2.45) is 0 Å². The number of benzene rings is 2. The molecular weight excluding hydrogens is 348 g/mol. The van der Waals surface area contributed by atoms with Crippen LogP contribution >= 0.6 is 0 Å². The first-order valence-corrected chi connectivity index (χ1v) is 10.4. The lowest BCUT2D eigenvalue weighted by molar-refractivity contribution is 0.407. The van der Waals surface area contributed by atoms with Gasteiger partial charge in [0.2, 0.25) is 10.0 Å². The molecule has 1 saturated heterocycles. The molecule has 1 aliphatic heterocycles. The molecule has 0 amide bonds. The monoisotopic (exact) mass is 368 g/mol. The molecule has 1 atom stereocenters. The Balaban J connectivity index is 1.77. The highest BCUT2D eigenvalue weighted by Gasteiger charge is 2.41. The van der Waals surface area contributed by atoms with Crippen molar-refractivity contribution < 1.29 is 8.42 Å². The van der Waals surface area contributed by atoms with E-state index in [1.54, 1.807) is 6.20 Å². The van der Waals surface area contributed by atoms with E-state index in [0.717, 1.165) is 16.6 Å². The number of hydrogen-bond acceptors (Lipinski definition) is 5. The average molecular weight is 368 g/mol. The molecule has 3 aromatic rings. The lowest BCUT2D eigenvalue weighted by Gasteiger charge is -2.27. The first-order valence-electron chi connectivity index (χ1n) is 8.48. The minimum atomic E-state index is -3.39. The van der Waals surface area contributed by atoms with E-state index in [0.29, 0.717) is 25.3 Å². The number of nitrogens with one attached hydrogen (secondary N) is 2. The molecule has 0 radical (unpaired) electrons. The molecule has 0 bridgehead atoms. The van der Waals surface area contributed by atoms with Gasteiger partial charge in [0.25, 0.3) is 0 Å². The van der Waals surface area contributed by atoms with Gasteiger partial charge in [0.1, 0.15) is 5.54 Å². The third-order valence-corrected chi connectivity index (χ3v) is 5.43. The second kappa shape index (κ2) is 6.42. The van der Waals surface area contributed by atoms with Crippen LogP contribution in [0, 0.1) is 0 Å². The Hall–Kier alpha value is -2.35. The fourth-order valence-corrected chi connectivity index (χ4v) is 4.44. The summed E-state index contributed by atoms with van der Waals surface area (Å²) in [4.78, 5) is 9.10. The van der Waals surface area contributed by atoms with Gasteiger partial charge in [-0.1, -0.05) is 36.4 Å². The maximum Gasteiger partial charge on any atom is 0.209 e. The second-order valence-corrected chi connectivity index (χ2v) is 8.46. The highest BCUT2D eigenvalue weighted by Crippen LogP contribution is 2.28. The Morgan fingerprint density at radius 2 is 1.92 bits per heavy atom. The Morgan fingerprint density at radius 1 is 1.12 bits per heavy atom. The molecular formula is C19H20N4O2S. The van der Waals surface area contributed by atoms with Crippen LogP contribution in [0.5, 0.6) is 0 Å². The Kier molecular flexibility index (Phi) is 4.22. The zero-order valence-electron chi connectivity index (χ0n) is 14.4. The fraction of sp³-hybridized carbons (Fsp3) is 0.263. The summed E-state index contributed by atoms with van der Waals surface area (Å²) >= 11 is 0. The summed E-state index contributed by atoms with van der Waals surface area (Å²) < 4.78 is 26.5. The van der Waals surface area contributed by atoms with E-state index in [1.807, 2.05) is 24.3 Å². The van der Waals surface area contributed by atoms with Gasteiger partial charge in [0.15, 0.2) is 5.82 Å². The summed E-state index contributed by atoms with van der Waals surface area (Å²) in [5, 5.41) is 5.51. The van der Waals surface area contributed by atoms with E-state index in [9.17, 15) is 8.42 Å². The van der Waals surface area contributed by atoms with Gasteiger partial charge in [-0.05, 0) is 35.9 Å². The van der Waals surface area contributed by atoms with Crippen molar-refractivity contribution in [2.45, 2.75) is 12.0 Å². The van der Waals surface area contributed by atoms with Crippen LogP contribution in [0.1, 0.15) is 12.2 Å². The number of aromatic nitrogens is 2. The van der Waals surface area contributed by atoms with Crippen LogP contribution in [-0.2, 0) is 15.6 Å². The van der Waals surface area contributed by atoms with Crippen LogP contribution in [-0.4, -0.2) is 37.7 Å². The van der Waals surface area contributed by atoms with Crippen molar-refractivity contribution in [1.29, 1.82) is 0 Å². The number of nitrogens with zero attached hydrogens (tertiary/aromatic N) is 2. The SMILES string of the molecule is CS(=O)(=O)N[C@]1(c2nccc(-c3ccc4ccccc4c3)n2)CCNC1. The van der Waals surface area contributed by atoms with Crippen LogP contribution in [0.25, 0.3) is 22.0 Å². The van der Waals surface area contributed by atoms with Gasteiger partial charge in [-0.2, -0.15) is 0 Å². The van der Waals surface area contributed by atoms with Crippen molar-refractivity contribution in [2.75, 3.05) is 19.3 Å². The lowest BCUT2D eigenvalue weighted by Crippen LogP contribution is -2.48. The molecule has 1 fully saturated rings. The Morgan fingerprint density at radius 3 is 2.65 bits per heavy atom. The van der Waals surface area contributed by atoms with Crippen LogP contribution in [0.2, 0.25) is 0 Å². The van der Waals surface area contributed by atoms with E-state index in [-0.39, 0.29) is 0 Å². The predicted molar refractivity (Wildman–Crippen MR) is 102 cm³/mol. The normalized spacial score (nSPS) is 20.5. The zero-order chi connectivity index (χ0) is 18.2. The summed E-state index contributed by atoms with van der Waals surface area (Å²) in [6.07, 6.45) is 3.47. The number of fused-ring (bicyclic) bond motifs is 1. The van der Waals surface area contributed by atoms with Gasteiger partial charge in [0.05, 0.1) is 11.9 Å². The smallest absolute Gasteiger partial charge is 0.209 e. The van der Waals surface area contributed by atoms with Crippen molar-refractivity contribution in [1.82, 2.24) is 20.0 Å². The number of rotatable bonds is 4. The molecule has 2 heterocycles.